The number of hydrogen-bond donors (Lipinski definition) is 0. The summed E-state index contributed by atoms with van der Waals surface area (Å²) in [6, 6.07) is 4.85. The molecular weight excluding hydrogens is 310 g/mol. The van der Waals surface area contributed by atoms with Crippen LogP contribution in [0.25, 0.3) is 0 Å². The van der Waals surface area contributed by atoms with E-state index in [1.807, 2.05) is 18.7 Å². The Morgan fingerprint density at radius 2 is 2.00 bits per heavy atom. The lowest BCUT2D eigenvalue weighted by Gasteiger charge is -2.23. The maximum absolute atomic E-state index is 12.8. The van der Waals surface area contributed by atoms with Crippen molar-refractivity contribution in [3.8, 4) is 0 Å². The standard InChI is InChI=1S/C15H20ClNO3S/c1-3-9-17(12-6-7-12)15(18)14-10-13(21(16,19)20)8-5-11(14)4-2/h5,8,10,12H,3-4,6-7,9H2,1-2H3. The smallest absolute Gasteiger partial charge is 0.261 e. The number of halogens is 1. The van der Waals surface area contributed by atoms with Gasteiger partial charge in [-0.25, -0.2) is 8.42 Å². The molecule has 1 fully saturated rings. The van der Waals surface area contributed by atoms with Crippen molar-refractivity contribution in [3.63, 3.8) is 0 Å². The van der Waals surface area contributed by atoms with Crippen LogP contribution in [0.3, 0.4) is 0 Å². The first kappa shape index (κ1) is 16.3. The summed E-state index contributed by atoms with van der Waals surface area (Å²) in [5, 5.41) is 0. The first-order valence-electron chi connectivity index (χ1n) is 7.27. The fourth-order valence-corrected chi connectivity index (χ4v) is 3.22. The second-order valence-corrected chi connectivity index (χ2v) is 7.91. The topological polar surface area (TPSA) is 54.5 Å². The van der Waals surface area contributed by atoms with Crippen molar-refractivity contribution in [3.05, 3.63) is 29.3 Å². The van der Waals surface area contributed by atoms with Crippen LogP contribution in [0.15, 0.2) is 23.1 Å². The minimum absolute atomic E-state index is 0.0167. The maximum atomic E-state index is 12.8. The SMILES string of the molecule is CCCN(C(=O)c1cc(S(=O)(=O)Cl)ccc1CC)C1CC1. The molecule has 21 heavy (non-hydrogen) atoms. The highest BCUT2D eigenvalue weighted by atomic mass is 35.7. The van der Waals surface area contributed by atoms with Gasteiger partial charge in [0.25, 0.3) is 15.0 Å². The lowest BCUT2D eigenvalue weighted by molar-refractivity contribution is 0.0742. The Balaban J connectivity index is 2.42. The van der Waals surface area contributed by atoms with Gasteiger partial charge in [-0.3, -0.25) is 4.79 Å². The summed E-state index contributed by atoms with van der Waals surface area (Å²) in [6.07, 6.45) is 3.62. The third-order valence-corrected chi connectivity index (χ3v) is 5.04. The van der Waals surface area contributed by atoms with Gasteiger partial charge < -0.3 is 4.90 Å². The van der Waals surface area contributed by atoms with E-state index >= 15 is 0 Å². The van der Waals surface area contributed by atoms with Crippen molar-refractivity contribution in [2.24, 2.45) is 0 Å². The van der Waals surface area contributed by atoms with E-state index in [-0.39, 0.29) is 10.8 Å². The Bertz CT molecular complexity index is 638. The van der Waals surface area contributed by atoms with E-state index in [9.17, 15) is 13.2 Å². The normalized spacial score (nSPS) is 15.0. The van der Waals surface area contributed by atoms with Crippen LogP contribution in [0.4, 0.5) is 0 Å². The molecule has 0 N–H and O–H groups in total. The molecule has 0 unspecified atom stereocenters. The largest absolute Gasteiger partial charge is 0.336 e. The van der Waals surface area contributed by atoms with E-state index in [1.54, 1.807) is 6.07 Å². The molecule has 1 aliphatic carbocycles. The number of hydrogen-bond acceptors (Lipinski definition) is 3. The van der Waals surface area contributed by atoms with Gasteiger partial charge in [0.15, 0.2) is 0 Å². The van der Waals surface area contributed by atoms with Gasteiger partial charge in [0.1, 0.15) is 0 Å². The third kappa shape index (κ3) is 3.77. The fraction of sp³-hybridized carbons (Fsp3) is 0.533. The molecule has 1 amide bonds. The Labute approximate surface area is 130 Å². The molecule has 4 nitrogen and oxygen atoms in total. The summed E-state index contributed by atoms with van der Waals surface area (Å²) < 4.78 is 23.0. The predicted molar refractivity (Wildman–Crippen MR) is 83.2 cm³/mol. The highest BCUT2D eigenvalue weighted by molar-refractivity contribution is 8.13. The second-order valence-electron chi connectivity index (χ2n) is 5.34. The number of nitrogens with zero attached hydrogens (tertiary/aromatic N) is 1. The second kappa shape index (κ2) is 6.36. The molecule has 1 saturated carbocycles. The van der Waals surface area contributed by atoms with Crippen molar-refractivity contribution in [2.75, 3.05) is 6.54 Å². The van der Waals surface area contributed by atoms with Crippen LogP contribution >= 0.6 is 10.7 Å². The molecule has 0 aliphatic heterocycles. The van der Waals surface area contributed by atoms with Crippen LogP contribution in [0.2, 0.25) is 0 Å². The van der Waals surface area contributed by atoms with Crippen LogP contribution < -0.4 is 0 Å². The lowest BCUT2D eigenvalue weighted by Crippen LogP contribution is -2.34. The molecule has 1 aromatic rings. The molecule has 1 aliphatic rings. The van der Waals surface area contributed by atoms with Gasteiger partial charge in [-0.1, -0.05) is 19.9 Å². The molecule has 0 atom stereocenters. The summed E-state index contributed by atoms with van der Waals surface area (Å²) in [6.45, 7) is 4.68. The van der Waals surface area contributed by atoms with Gasteiger partial charge in [0.05, 0.1) is 4.90 Å². The molecule has 0 bridgehead atoms. The molecule has 1 aromatic carbocycles. The molecule has 6 heteroatoms. The van der Waals surface area contributed by atoms with E-state index in [4.69, 9.17) is 10.7 Å². The average molecular weight is 330 g/mol. The third-order valence-electron chi connectivity index (χ3n) is 3.69. The zero-order valence-corrected chi connectivity index (χ0v) is 13.9. The summed E-state index contributed by atoms with van der Waals surface area (Å²) in [4.78, 5) is 14.6. The highest BCUT2D eigenvalue weighted by Crippen LogP contribution is 2.30. The van der Waals surface area contributed by atoms with Crippen molar-refractivity contribution in [1.82, 2.24) is 4.90 Å². The van der Waals surface area contributed by atoms with Crippen molar-refractivity contribution >= 4 is 25.6 Å². The van der Waals surface area contributed by atoms with Gasteiger partial charge in [0.2, 0.25) is 0 Å². The lowest BCUT2D eigenvalue weighted by atomic mass is 10.0. The first-order valence-corrected chi connectivity index (χ1v) is 9.58. The Hall–Kier alpha value is -1.07. The van der Waals surface area contributed by atoms with E-state index in [0.717, 1.165) is 24.8 Å². The average Bonchev–Trinajstić information content (AvgIpc) is 3.26. The monoisotopic (exact) mass is 329 g/mol. The van der Waals surface area contributed by atoms with Gasteiger partial charge in [-0.05, 0) is 43.4 Å². The zero-order valence-electron chi connectivity index (χ0n) is 12.3. The molecule has 0 saturated heterocycles. The quantitative estimate of drug-likeness (QED) is 0.753. The summed E-state index contributed by atoms with van der Waals surface area (Å²) in [5.41, 5.74) is 1.31. The van der Waals surface area contributed by atoms with Crippen molar-refractivity contribution in [2.45, 2.75) is 50.5 Å². The van der Waals surface area contributed by atoms with Crippen molar-refractivity contribution in [1.29, 1.82) is 0 Å². The minimum Gasteiger partial charge on any atom is -0.336 e. The van der Waals surface area contributed by atoms with Crippen LogP contribution in [0, 0.1) is 0 Å². The Kier molecular flexibility index (Phi) is 4.94. The highest BCUT2D eigenvalue weighted by Gasteiger charge is 2.33. The minimum atomic E-state index is -3.82. The number of rotatable bonds is 6. The zero-order chi connectivity index (χ0) is 15.6. The first-order chi connectivity index (χ1) is 9.88. The number of carbonyl (C=O) groups excluding carboxylic acids is 1. The number of aryl methyl sites for hydroxylation is 1. The summed E-state index contributed by atoms with van der Waals surface area (Å²) in [7, 11) is 1.57. The van der Waals surface area contributed by atoms with Crippen LogP contribution in [0.1, 0.15) is 49.0 Å². The Morgan fingerprint density at radius 3 is 2.48 bits per heavy atom. The van der Waals surface area contributed by atoms with Crippen LogP contribution in [0.5, 0.6) is 0 Å². The Morgan fingerprint density at radius 1 is 1.33 bits per heavy atom. The van der Waals surface area contributed by atoms with Gasteiger partial charge in [-0.15, -0.1) is 0 Å². The molecule has 0 radical (unpaired) electrons. The molecule has 0 heterocycles. The molecule has 2 rings (SSSR count). The van der Waals surface area contributed by atoms with Crippen LogP contribution in [-0.4, -0.2) is 31.8 Å². The number of carbonyl (C=O) groups is 1. The summed E-state index contributed by atoms with van der Waals surface area (Å²) >= 11 is 0. The van der Waals surface area contributed by atoms with Crippen LogP contribution in [-0.2, 0) is 15.5 Å². The summed E-state index contributed by atoms with van der Waals surface area (Å²) in [5.74, 6) is -0.0848. The fourth-order valence-electron chi connectivity index (χ4n) is 2.45. The number of benzene rings is 1. The van der Waals surface area contributed by atoms with Gasteiger partial charge in [-0.2, -0.15) is 0 Å². The van der Waals surface area contributed by atoms with Gasteiger partial charge in [0, 0.05) is 28.8 Å². The van der Waals surface area contributed by atoms with E-state index in [1.165, 1.54) is 12.1 Å². The molecule has 0 spiro atoms. The van der Waals surface area contributed by atoms with E-state index < -0.39 is 9.05 Å². The van der Waals surface area contributed by atoms with Gasteiger partial charge >= 0.3 is 0 Å². The van der Waals surface area contributed by atoms with E-state index in [0.29, 0.717) is 24.6 Å². The maximum Gasteiger partial charge on any atom is 0.261 e. The van der Waals surface area contributed by atoms with E-state index in [2.05, 4.69) is 0 Å². The molecular formula is C15H20ClNO3S. The predicted octanol–water partition coefficient (Wildman–Crippen LogP) is 3.19. The molecule has 0 aromatic heterocycles. The van der Waals surface area contributed by atoms with Crippen molar-refractivity contribution < 1.29 is 13.2 Å². The number of amides is 1. The molecule has 116 valence electrons.